The number of carbonyl (C=O) groups is 1. The summed E-state index contributed by atoms with van der Waals surface area (Å²) in [5.41, 5.74) is 2.46. The van der Waals surface area contributed by atoms with Crippen molar-refractivity contribution < 1.29 is 9.53 Å². The topological polar surface area (TPSA) is 38.3 Å². The number of hydrogen-bond acceptors (Lipinski definition) is 2. The Morgan fingerprint density at radius 1 is 1.40 bits per heavy atom. The van der Waals surface area contributed by atoms with E-state index in [1.807, 2.05) is 19.1 Å². The van der Waals surface area contributed by atoms with Crippen molar-refractivity contribution in [1.29, 1.82) is 0 Å². The SMILES string of the molecule is C=C(C)c1cccc(OC)c1NC(C)=O. The summed E-state index contributed by atoms with van der Waals surface area (Å²) in [6, 6.07) is 5.57. The third-order valence-electron chi connectivity index (χ3n) is 2.01. The van der Waals surface area contributed by atoms with E-state index in [1.165, 1.54) is 6.92 Å². The lowest BCUT2D eigenvalue weighted by Crippen LogP contribution is -2.09. The summed E-state index contributed by atoms with van der Waals surface area (Å²) in [7, 11) is 1.57. The lowest BCUT2D eigenvalue weighted by atomic mass is 10.1. The molecule has 0 aliphatic carbocycles. The van der Waals surface area contributed by atoms with Gasteiger partial charge in [0.1, 0.15) is 5.75 Å². The summed E-state index contributed by atoms with van der Waals surface area (Å²) < 4.78 is 5.18. The molecule has 1 rings (SSSR count). The van der Waals surface area contributed by atoms with E-state index in [2.05, 4.69) is 11.9 Å². The second-order valence-corrected chi connectivity index (χ2v) is 3.34. The zero-order valence-corrected chi connectivity index (χ0v) is 9.26. The van der Waals surface area contributed by atoms with Gasteiger partial charge in [0, 0.05) is 12.5 Å². The molecular weight excluding hydrogens is 190 g/mol. The van der Waals surface area contributed by atoms with Crippen LogP contribution in [0.1, 0.15) is 19.4 Å². The predicted octanol–water partition coefficient (Wildman–Crippen LogP) is 2.69. The van der Waals surface area contributed by atoms with E-state index in [-0.39, 0.29) is 5.91 Å². The Balaban J connectivity index is 3.26. The Labute approximate surface area is 89.8 Å². The molecule has 3 nitrogen and oxygen atoms in total. The fourth-order valence-corrected chi connectivity index (χ4v) is 1.36. The van der Waals surface area contributed by atoms with E-state index in [9.17, 15) is 4.79 Å². The van der Waals surface area contributed by atoms with Crippen LogP contribution in [0.25, 0.3) is 5.57 Å². The molecule has 0 bridgehead atoms. The Hall–Kier alpha value is -1.77. The quantitative estimate of drug-likeness (QED) is 0.823. The van der Waals surface area contributed by atoms with Crippen molar-refractivity contribution >= 4 is 17.2 Å². The lowest BCUT2D eigenvalue weighted by molar-refractivity contribution is -0.114. The molecule has 1 aromatic rings. The number of ether oxygens (including phenoxy) is 1. The number of methoxy groups -OCH3 is 1. The first-order chi connectivity index (χ1) is 7.06. The second-order valence-electron chi connectivity index (χ2n) is 3.34. The van der Waals surface area contributed by atoms with Crippen LogP contribution in [0.3, 0.4) is 0 Å². The molecule has 0 heterocycles. The van der Waals surface area contributed by atoms with Gasteiger partial charge in [-0.15, -0.1) is 0 Å². The molecule has 0 aliphatic rings. The molecule has 15 heavy (non-hydrogen) atoms. The fourth-order valence-electron chi connectivity index (χ4n) is 1.36. The molecule has 0 aliphatic heterocycles. The maximum atomic E-state index is 11.1. The van der Waals surface area contributed by atoms with Crippen LogP contribution in [-0.4, -0.2) is 13.0 Å². The number of carbonyl (C=O) groups excluding carboxylic acids is 1. The van der Waals surface area contributed by atoms with E-state index >= 15 is 0 Å². The summed E-state index contributed by atoms with van der Waals surface area (Å²) in [4.78, 5) is 11.1. The van der Waals surface area contributed by atoms with Gasteiger partial charge in [0.05, 0.1) is 12.8 Å². The number of amides is 1. The third-order valence-corrected chi connectivity index (χ3v) is 2.01. The van der Waals surface area contributed by atoms with Gasteiger partial charge in [-0.3, -0.25) is 4.79 Å². The lowest BCUT2D eigenvalue weighted by Gasteiger charge is -2.13. The van der Waals surface area contributed by atoms with Gasteiger partial charge in [0.25, 0.3) is 0 Å². The van der Waals surface area contributed by atoms with Gasteiger partial charge in [-0.05, 0) is 18.6 Å². The number of nitrogens with one attached hydrogen (secondary N) is 1. The first-order valence-electron chi connectivity index (χ1n) is 4.66. The first kappa shape index (κ1) is 11.3. The van der Waals surface area contributed by atoms with Crippen LogP contribution < -0.4 is 10.1 Å². The summed E-state index contributed by atoms with van der Waals surface area (Å²) in [5.74, 6) is 0.521. The smallest absolute Gasteiger partial charge is 0.221 e. The molecule has 0 spiro atoms. The minimum absolute atomic E-state index is 0.123. The Kier molecular flexibility index (Phi) is 3.50. The average molecular weight is 205 g/mol. The molecule has 1 aromatic carbocycles. The number of anilines is 1. The highest BCUT2D eigenvalue weighted by Crippen LogP contribution is 2.31. The van der Waals surface area contributed by atoms with Gasteiger partial charge >= 0.3 is 0 Å². The maximum Gasteiger partial charge on any atom is 0.221 e. The second kappa shape index (κ2) is 4.64. The van der Waals surface area contributed by atoms with Crippen molar-refractivity contribution in [3.63, 3.8) is 0 Å². The average Bonchev–Trinajstić information content (AvgIpc) is 2.16. The summed E-state index contributed by atoms with van der Waals surface area (Å²) in [6.45, 7) is 7.22. The van der Waals surface area contributed by atoms with Crippen LogP contribution in [0.2, 0.25) is 0 Å². The van der Waals surface area contributed by atoms with Crippen molar-refractivity contribution in [2.75, 3.05) is 12.4 Å². The molecule has 0 saturated carbocycles. The number of rotatable bonds is 3. The van der Waals surface area contributed by atoms with Crippen molar-refractivity contribution in [2.45, 2.75) is 13.8 Å². The highest BCUT2D eigenvalue weighted by molar-refractivity contribution is 5.94. The number of benzene rings is 1. The molecule has 1 amide bonds. The minimum Gasteiger partial charge on any atom is -0.495 e. The third kappa shape index (κ3) is 2.59. The van der Waals surface area contributed by atoms with Gasteiger partial charge in [-0.2, -0.15) is 0 Å². The van der Waals surface area contributed by atoms with Crippen LogP contribution >= 0.6 is 0 Å². The van der Waals surface area contributed by atoms with Gasteiger partial charge in [-0.25, -0.2) is 0 Å². The van der Waals surface area contributed by atoms with Crippen LogP contribution in [0.15, 0.2) is 24.8 Å². The van der Waals surface area contributed by atoms with E-state index < -0.39 is 0 Å². The Bertz CT molecular complexity index is 397. The standard InChI is InChI=1S/C12H15NO2/c1-8(2)10-6-5-7-11(15-4)12(10)13-9(3)14/h5-7H,1H2,2-4H3,(H,13,14). The Morgan fingerprint density at radius 2 is 2.07 bits per heavy atom. The molecular formula is C12H15NO2. The van der Waals surface area contributed by atoms with Crippen LogP contribution in [-0.2, 0) is 4.79 Å². The normalized spacial score (nSPS) is 9.53. The molecule has 1 N–H and O–H groups in total. The van der Waals surface area contributed by atoms with E-state index in [0.717, 1.165) is 11.1 Å². The highest BCUT2D eigenvalue weighted by Gasteiger charge is 2.10. The van der Waals surface area contributed by atoms with E-state index in [4.69, 9.17) is 4.74 Å². The highest BCUT2D eigenvalue weighted by atomic mass is 16.5. The van der Waals surface area contributed by atoms with E-state index in [1.54, 1.807) is 13.2 Å². The summed E-state index contributed by atoms with van der Waals surface area (Å²) in [5, 5.41) is 2.75. The summed E-state index contributed by atoms with van der Waals surface area (Å²) in [6.07, 6.45) is 0. The summed E-state index contributed by atoms with van der Waals surface area (Å²) >= 11 is 0. The molecule has 0 unspecified atom stereocenters. The fraction of sp³-hybridized carbons (Fsp3) is 0.250. The van der Waals surface area contributed by atoms with Gasteiger partial charge in [0.2, 0.25) is 5.91 Å². The van der Waals surface area contributed by atoms with Crippen LogP contribution in [0.5, 0.6) is 5.75 Å². The van der Waals surface area contributed by atoms with Crippen LogP contribution in [0, 0.1) is 0 Å². The zero-order chi connectivity index (χ0) is 11.4. The number of para-hydroxylation sites is 1. The molecule has 0 atom stereocenters. The minimum atomic E-state index is -0.123. The first-order valence-corrected chi connectivity index (χ1v) is 4.66. The van der Waals surface area contributed by atoms with Crippen molar-refractivity contribution in [2.24, 2.45) is 0 Å². The number of allylic oxidation sites excluding steroid dienone is 1. The van der Waals surface area contributed by atoms with Gasteiger partial charge in [-0.1, -0.05) is 18.7 Å². The monoisotopic (exact) mass is 205 g/mol. The van der Waals surface area contributed by atoms with Crippen LogP contribution in [0.4, 0.5) is 5.69 Å². The predicted molar refractivity (Wildman–Crippen MR) is 62.0 cm³/mol. The van der Waals surface area contributed by atoms with Gasteiger partial charge in [0.15, 0.2) is 0 Å². The van der Waals surface area contributed by atoms with Crippen molar-refractivity contribution in [3.05, 3.63) is 30.3 Å². The largest absolute Gasteiger partial charge is 0.495 e. The molecule has 80 valence electrons. The van der Waals surface area contributed by atoms with Crippen molar-refractivity contribution in [3.8, 4) is 5.75 Å². The van der Waals surface area contributed by atoms with Gasteiger partial charge < -0.3 is 10.1 Å². The zero-order valence-electron chi connectivity index (χ0n) is 9.26. The molecule has 0 radical (unpaired) electrons. The maximum absolute atomic E-state index is 11.1. The molecule has 3 heteroatoms. The molecule has 0 saturated heterocycles. The molecule has 0 aromatic heterocycles. The number of hydrogen-bond donors (Lipinski definition) is 1. The molecule has 0 fully saturated rings. The van der Waals surface area contributed by atoms with Crippen molar-refractivity contribution in [1.82, 2.24) is 0 Å². The Morgan fingerprint density at radius 3 is 2.53 bits per heavy atom. The van der Waals surface area contributed by atoms with E-state index in [0.29, 0.717) is 11.4 Å².